The summed E-state index contributed by atoms with van der Waals surface area (Å²) in [4.78, 5) is 39.1. The number of carbonyl (C=O) groups excluding carboxylic acids is 2. The van der Waals surface area contributed by atoms with E-state index in [0.29, 0.717) is 23.4 Å². The number of phenols is 1. The van der Waals surface area contributed by atoms with Crippen molar-refractivity contribution < 1.29 is 33.8 Å². The number of allylic oxidation sites excluding steroid dienone is 3. The lowest BCUT2D eigenvalue weighted by atomic mass is 9.72. The van der Waals surface area contributed by atoms with E-state index >= 15 is 0 Å². The molecule has 0 spiro atoms. The van der Waals surface area contributed by atoms with Crippen molar-refractivity contribution >= 4 is 28.8 Å². The normalized spacial score (nSPS) is 19.4. The molecule has 196 valence electrons. The van der Waals surface area contributed by atoms with Gasteiger partial charge in [-0.3, -0.25) is 14.9 Å². The summed E-state index contributed by atoms with van der Waals surface area (Å²) in [5, 5.41) is 27.4. The summed E-state index contributed by atoms with van der Waals surface area (Å²) in [6, 6.07) is 6.57. The van der Waals surface area contributed by atoms with Crippen LogP contribution >= 0.6 is 11.3 Å². The summed E-state index contributed by atoms with van der Waals surface area (Å²) in [7, 11) is 1.48. The van der Waals surface area contributed by atoms with Gasteiger partial charge in [-0.2, -0.15) is 0 Å². The highest BCUT2D eigenvalue weighted by atomic mass is 32.1. The molecular weight excluding hydrogens is 500 g/mol. The lowest BCUT2D eigenvalue weighted by molar-refractivity contribution is -0.386. The Morgan fingerprint density at radius 3 is 2.73 bits per heavy atom. The van der Waals surface area contributed by atoms with Crippen molar-refractivity contribution in [1.82, 2.24) is 5.32 Å². The number of Topliss-reactive ketones (excluding diaryl/α,β-unsaturated/α-hetero) is 1. The van der Waals surface area contributed by atoms with Crippen LogP contribution in [-0.2, 0) is 19.1 Å². The van der Waals surface area contributed by atoms with Crippen LogP contribution in [0, 0.1) is 10.1 Å². The van der Waals surface area contributed by atoms with E-state index in [9.17, 15) is 24.8 Å². The van der Waals surface area contributed by atoms with Gasteiger partial charge in [-0.15, -0.1) is 11.3 Å². The Balaban J connectivity index is 1.87. The molecule has 0 fully saturated rings. The van der Waals surface area contributed by atoms with E-state index in [0.717, 1.165) is 4.88 Å². The maximum absolute atomic E-state index is 13.6. The molecule has 4 rings (SSSR count). The minimum atomic E-state index is -0.943. The quantitative estimate of drug-likeness (QED) is 0.211. The Morgan fingerprint density at radius 2 is 2.08 bits per heavy atom. The van der Waals surface area contributed by atoms with Gasteiger partial charge in [-0.05, 0) is 43.3 Å². The second-order valence-electron chi connectivity index (χ2n) is 8.74. The van der Waals surface area contributed by atoms with Gasteiger partial charge in [0.25, 0.3) is 0 Å². The van der Waals surface area contributed by atoms with Crippen molar-refractivity contribution in [1.29, 1.82) is 0 Å². The van der Waals surface area contributed by atoms with Crippen LogP contribution in [0.1, 0.15) is 49.0 Å². The number of ether oxygens (including phenoxy) is 3. The van der Waals surface area contributed by atoms with E-state index in [-0.39, 0.29) is 54.8 Å². The molecule has 2 aromatic rings. The summed E-state index contributed by atoms with van der Waals surface area (Å²) in [5.41, 5.74) is 1.38. The molecule has 1 aromatic carbocycles. The maximum Gasteiger partial charge on any atom is 0.336 e. The van der Waals surface area contributed by atoms with Crippen LogP contribution in [0.3, 0.4) is 0 Å². The van der Waals surface area contributed by atoms with Crippen LogP contribution in [0.25, 0.3) is 0 Å². The summed E-state index contributed by atoms with van der Waals surface area (Å²) in [6.45, 7) is 3.72. The minimum absolute atomic E-state index is 0.000935. The van der Waals surface area contributed by atoms with Gasteiger partial charge in [0, 0.05) is 53.3 Å². The lowest BCUT2D eigenvalue weighted by Gasteiger charge is -2.36. The molecule has 0 bridgehead atoms. The predicted molar refractivity (Wildman–Crippen MR) is 136 cm³/mol. The molecule has 2 aliphatic rings. The summed E-state index contributed by atoms with van der Waals surface area (Å²) >= 11 is 1.58. The zero-order valence-electron chi connectivity index (χ0n) is 20.7. The maximum atomic E-state index is 13.6. The standard InChI is InChI=1S/C26H28N2O8S/c1-4-35-20-13-16(11-18(25(20)30)28(32)33)23-22(26(31)36-8-7-34-3)14(2)27-17-10-15(12-19(29)24(17)23)21-6-5-9-37-21/h5-6,9,11,13,15,23,27,30H,4,7-8,10,12H2,1-3H3/t15-,23-/m1/s1. The number of dihydropyridines is 1. The predicted octanol–water partition coefficient (Wildman–Crippen LogP) is 4.31. The Morgan fingerprint density at radius 1 is 1.30 bits per heavy atom. The van der Waals surface area contributed by atoms with Gasteiger partial charge in [-0.25, -0.2) is 4.79 Å². The fourth-order valence-corrected chi connectivity index (χ4v) is 5.68. The summed E-state index contributed by atoms with van der Waals surface area (Å²) in [6.07, 6.45) is 0.779. The molecule has 2 atom stereocenters. The Hall–Kier alpha value is -3.70. The number of hydrogen-bond acceptors (Lipinski definition) is 10. The zero-order chi connectivity index (χ0) is 26.7. The number of ketones is 1. The number of nitro benzene ring substituents is 1. The Kier molecular flexibility index (Phi) is 7.94. The van der Waals surface area contributed by atoms with Crippen LogP contribution < -0.4 is 10.1 Å². The van der Waals surface area contributed by atoms with Crippen molar-refractivity contribution in [3.05, 3.63) is 72.7 Å². The lowest BCUT2D eigenvalue weighted by Crippen LogP contribution is -2.36. The molecule has 1 aliphatic heterocycles. The number of hydrogen-bond donors (Lipinski definition) is 2. The molecule has 0 amide bonds. The summed E-state index contributed by atoms with van der Waals surface area (Å²) < 4.78 is 15.9. The largest absolute Gasteiger partial charge is 0.500 e. The third-order valence-corrected chi connectivity index (χ3v) is 7.46. The van der Waals surface area contributed by atoms with Gasteiger partial charge < -0.3 is 24.6 Å². The van der Waals surface area contributed by atoms with Crippen LogP contribution in [-0.4, -0.2) is 48.7 Å². The van der Waals surface area contributed by atoms with E-state index < -0.39 is 28.2 Å². The first-order valence-corrected chi connectivity index (χ1v) is 12.7. The zero-order valence-corrected chi connectivity index (χ0v) is 21.6. The molecular formula is C26H28N2O8S. The number of rotatable bonds is 9. The average Bonchev–Trinajstić information content (AvgIpc) is 3.39. The molecule has 1 aliphatic carbocycles. The van der Waals surface area contributed by atoms with Crippen molar-refractivity contribution in [2.45, 2.75) is 38.5 Å². The molecule has 2 heterocycles. The fraction of sp³-hybridized carbons (Fsp3) is 0.385. The number of benzene rings is 1. The van der Waals surface area contributed by atoms with Crippen molar-refractivity contribution in [3.8, 4) is 11.5 Å². The summed E-state index contributed by atoms with van der Waals surface area (Å²) in [5.74, 6) is -2.51. The van der Waals surface area contributed by atoms with Gasteiger partial charge in [0.05, 0.1) is 23.7 Å². The second kappa shape index (κ2) is 11.1. The third kappa shape index (κ3) is 5.23. The van der Waals surface area contributed by atoms with E-state index in [4.69, 9.17) is 14.2 Å². The number of phenolic OH excluding ortho intramolecular Hbond substituents is 1. The van der Waals surface area contributed by atoms with Gasteiger partial charge in [0.2, 0.25) is 5.75 Å². The van der Waals surface area contributed by atoms with Crippen LogP contribution in [0.2, 0.25) is 0 Å². The Labute approximate surface area is 217 Å². The van der Waals surface area contributed by atoms with Gasteiger partial charge in [0.15, 0.2) is 11.5 Å². The first-order valence-electron chi connectivity index (χ1n) is 11.8. The highest BCUT2D eigenvalue weighted by molar-refractivity contribution is 7.10. The molecule has 11 heteroatoms. The number of esters is 1. The van der Waals surface area contributed by atoms with Crippen LogP contribution in [0.4, 0.5) is 5.69 Å². The minimum Gasteiger partial charge on any atom is -0.500 e. The molecule has 2 N–H and O–H groups in total. The number of nitro groups is 1. The number of aromatic hydroxyl groups is 1. The first-order chi connectivity index (χ1) is 17.8. The van der Waals surface area contributed by atoms with E-state index in [2.05, 4.69) is 5.32 Å². The van der Waals surface area contributed by atoms with Gasteiger partial charge in [0.1, 0.15) is 6.61 Å². The van der Waals surface area contributed by atoms with E-state index in [1.165, 1.54) is 19.2 Å². The molecule has 10 nitrogen and oxygen atoms in total. The van der Waals surface area contributed by atoms with E-state index in [1.807, 2.05) is 17.5 Å². The first kappa shape index (κ1) is 26.4. The van der Waals surface area contributed by atoms with Crippen LogP contribution in [0.15, 0.2) is 52.2 Å². The SMILES string of the molecule is CCOc1cc([C@@H]2C(C(=O)OCCOC)=C(C)NC3=C2C(=O)C[C@H](c2cccs2)C3)cc([N+](=O)[O-])c1O. The van der Waals surface area contributed by atoms with E-state index in [1.54, 1.807) is 25.2 Å². The van der Waals surface area contributed by atoms with Gasteiger partial charge >= 0.3 is 11.7 Å². The molecule has 37 heavy (non-hydrogen) atoms. The van der Waals surface area contributed by atoms with Crippen LogP contribution in [0.5, 0.6) is 11.5 Å². The molecule has 0 unspecified atom stereocenters. The fourth-order valence-electron chi connectivity index (χ4n) is 4.85. The number of carbonyl (C=O) groups is 2. The smallest absolute Gasteiger partial charge is 0.336 e. The number of nitrogens with one attached hydrogen (secondary N) is 1. The second-order valence-corrected chi connectivity index (χ2v) is 9.72. The molecule has 1 aromatic heterocycles. The number of thiophene rings is 1. The Bertz CT molecular complexity index is 1280. The highest BCUT2D eigenvalue weighted by Crippen LogP contribution is 2.49. The molecule has 0 saturated carbocycles. The third-order valence-electron chi connectivity index (χ3n) is 6.42. The molecule has 0 saturated heterocycles. The number of methoxy groups -OCH3 is 1. The van der Waals surface area contributed by atoms with Crippen molar-refractivity contribution in [2.24, 2.45) is 0 Å². The topological polar surface area (TPSA) is 137 Å². The van der Waals surface area contributed by atoms with Crippen molar-refractivity contribution in [3.63, 3.8) is 0 Å². The number of nitrogens with zero attached hydrogens (tertiary/aromatic N) is 1. The highest BCUT2D eigenvalue weighted by Gasteiger charge is 2.42. The molecule has 0 radical (unpaired) electrons. The van der Waals surface area contributed by atoms with Gasteiger partial charge in [-0.1, -0.05) is 6.07 Å². The van der Waals surface area contributed by atoms with Crippen molar-refractivity contribution in [2.75, 3.05) is 26.9 Å². The monoisotopic (exact) mass is 528 g/mol. The average molecular weight is 529 g/mol.